The van der Waals surface area contributed by atoms with Gasteiger partial charge in [0.25, 0.3) is 0 Å². The average molecular weight is 302 g/mol. The van der Waals surface area contributed by atoms with Crippen LogP contribution >= 0.6 is 0 Å². The fourth-order valence-corrected chi connectivity index (χ4v) is 2.05. The van der Waals surface area contributed by atoms with Crippen molar-refractivity contribution in [1.29, 1.82) is 0 Å². The van der Waals surface area contributed by atoms with Crippen molar-refractivity contribution in [3.63, 3.8) is 0 Å². The summed E-state index contributed by atoms with van der Waals surface area (Å²) in [6.07, 6.45) is 1.64. The van der Waals surface area contributed by atoms with Crippen LogP contribution in [0.25, 0.3) is 5.69 Å². The molecule has 22 heavy (non-hydrogen) atoms. The van der Waals surface area contributed by atoms with Crippen molar-refractivity contribution in [3.8, 4) is 5.69 Å². The predicted octanol–water partition coefficient (Wildman–Crippen LogP) is 2.32. The lowest BCUT2D eigenvalue weighted by molar-refractivity contribution is 0.204. The third-order valence-corrected chi connectivity index (χ3v) is 3.73. The van der Waals surface area contributed by atoms with Crippen molar-refractivity contribution < 1.29 is 9.90 Å². The number of aromatic nitrogens is 2. The highest BCUT2D eigenvalue weighted by atomic mass is 16.3. The molecule has 2 aromatic rings. The maximum Gasteiger partial charge on any atom is 0.320 e. The summed E-state index contributed by atoms with van der Waals surface area (Å²) < 4.78 is 1.69. The zero-order chi connectivity index (χ0) is 16.1. The number of nitrogens with zero attached hydrogens (tertiary/aromatic N) is 2. The highest BCUT2D eigenvalue weighted by Gasteiger charge is 2.15. The lowest BCUT2D eigenvalue weighted by atomic mass is 10.1. The number of para-hydroxylation sites is 1. The molecule has 2 atom stereocenters. The third kappa shape index (κ3) is 3.65. The Morgan fingerprint density at radius 1 is 1.32 bits per heavy atom. The van der Waals surface area contributed by atoms with Crippen LogP contribution < -0.4 is 10.6 Å². The van der Waals surface area contributed by atoms with Gasteiger partial charge in [-0.3, -0.25) is 5.32 Å². The number of aliphatic hydroxyl groups is 1. The molecule has 0 radical (unpaired) electrons. The molecule has 3 N–H and O–H groups in total. The number of anilines is 1. The Hall–Kier alpha value is -2.34. The normalized spacial score (nSPS) is 13.5. The van der Waals surface area contributed by atoms with E-state index >= 15 is 0 Å². The Kier molecular flexibility index (Phi) is 5.16. The van der Waals surface area contributed by atoms with Crippen molar-refractivity contribution in [2.75, 3.05) is 11.9 Å². The summed E-state index contributed by atoms with van der Waals surface area (Å²) in [6, 6.07) is 9.13. The fourth-order valence-electron chi connectivity index (χ4n) is 2.05. The molecule has 2 amide bonds. The van der Waals surface area contributed by atoms with Crippen molar-refractivity contribution in [3.05, 3.63) is 42.1 Å². The second-order valence-electron chi connectivity index (χ2n) is 5.46. The van der Waals surface area contributed by atoms with Gasteiger partial charge in [0, 0.05) is 18.7 Å². The molecule has 6 nitrogen and oxygen atoms in total. The van der Waals surface area contributed by atoms with E-state index < -0.39 is 0 Å². The van der Waals surface area contributed by atoms with Gasteiger partial charge in [-0.15, -0.1) is 0 Å². The number of aliphatic hydroxyl groups excluding tert-OH is 1. The van der Waals surface area contributed by atoms with Gasteiger partial charge in [-0.05, 0) is 31.4 Å². The van der Waals surface area contributed by atoms with Gasteiger partial charge in [-0.2, -0.15) is 5.10 Å². The molecule has 2 unspecified atom stereocenters. The van der Waals surface area contributed by atoms with Crippen LogP contribution in [-0.4, -0.2) is 33.6 Å². The molecule has 0 saturated carbocycles. The van der Waals surface area contributed by atoms with Crippen LogP contribution in [0.5, 0.6) is 0 Å². The summed E-state index contributed by atoms with van der Waals surface area (Å²) in [5.41, 5.74) is 1.98. The molecular formula is C16H22N4O2. The molecule has 1 aromatic carbocycles. The van der Waals surface area contributed by atoms with Crippen molar-refractivity contribution >= 4 is 11.8 Å². The Morgan fingerprint density at radius 3 is 2.73 bits per heavy atom. The number of carbonyl (C=O) groups is 1. The minimum Gasteiger partial charge on any atom is -0.396 e. The summed E-state index contributed by atoms with van der Waals surface area (Å²) in [7, 11) is 0. The SMILES string of the molecule is Cc1ccccc1-n1nccc1NC(=O)NC(C)C(C)CO. The van der Waals surface area contributed by atoms with Gasteiger partial charge < -0.3 is 10.4 Å². The number of rotatable bonds is 5. The Labute approximate surface area is 130 Å². The smallest absolute Gasteiger partial charge is 0.320 e. The minimum absolute atomic E-state index is 0.00738. The maximum absolute atomic E-state index is 12.1. The molecular weight excluding hydrogens is 280 g/mol. The van der Waals surface area contributed by atoms with Gasteiger partial charge >= 0.3 is 6.03 Å². The molecule has 118 valence electrons. The monoisotopic (exact) mass is 302 g/mol. The first kappa shape index (κ1) is 16.0. The summed E-state index contributed by atoms with van der Waals surface area (Å²) in [5, 5.41) is 19.0. The topological polar surface area (TPSA) is 79.2 Å². The third-order valence-electron chi connectivity index (χ3n) is 3.73. The second-order valence-corrected chi connectivity index (χ2v) is 5.46. The lowest BCUT2D eigenvalue weighted by Crippen LogP contribution is -2.41. The summed E-state index contributed by atoms with van der Waals surface area (Å²) >= 11 is 0. The van der Waals surface area contributed by atoms with Gasteiger partial charge in [-0.1, -0.05) is 25.1 Å². The van der Waals surface area contributed by atoms with Crippen molar-refractivity contribution in [2.45, 2.75) is 26.8 Å². The largest absolute Gasteiger partial charge is 0.396 e. The van der Waals surface area contributed by atoms with E-state index in [0.29, 0.717) is 5.82 Å². The van der Waals surface area contributed by atoms with Crippen LogP contribution in [0.2, 0.25) is 0 Å². The summed E-state index contributed by atoms with van der Waals surface area (Å²) in [5.74, 6) is 0.586. The first-order valence-electron chi connectivity index (χ1n) is 7.31. The Morgan fingerprint density at radius 2 is 2.05 bits per heavy atom. The number of hydrogen-bond acceptors (Lipinski definition) is 3. The molecule has 1 heterocycles. The zero-order valence-corrected chi connectivity index (χ0v) is 13.1. The Bertz CT molecular complexity index is 639. The van der Waals surface area contributed by atoms with Crippen LogP contribution in [0.3, 0.4) is 0 Å². The average Bonchev–Trinajstić information content (AvgIpc) is 2.94. The van der Waals surface area contributed by atoms with E-state index in [9.17, 15) is 4.79 Å². The molecule has 6 heteroatoms. The molecule has 0 bridgehead atoms. The van der Waals surface area contributed by atoms with E-state index in [-0.39, 0.29) is 24.6 Å². The maximum atomic E-state index is 12.1. The van der Waals surface area contributed by atoms with Crippen LogP contribution in [-0.2, 0) is 0 Å². The number of carbonyl (C=O) groups excluding carboxylic acids is 1. The standard InChI is InChI=1S/C16H22N4O2/c1-11-6-4-5-7-14(11)20-15(8-9-17-20)19-16(22)18-13(3)12(2)10-21/h4-9,12-13,21H,10H2,1-3H3,(H2,18,19,22). The number of amides is 2. The van der Waals surface area contributed by atoms with E-state index in [0.717, 1.165) is 11.3 Å². The number of aryl methyl sites for hydroxylation is 1. The minimum atomic E-state index is -0.317. The van der Waals surface area contributed by atoms with E-state index in [1.807, 2.05) is 45.0 Å². The van der Waals surface area contributed by atoms with Gasteiger partial charge in [0.1, 0.15) is 5.82 Å². The van der Waals surface area contributed by atoms with E-state index in [2.05, 4.69) is 15.7 Å². The molecule has 0 spiro atoms. The van der Waals surface area contributed by atoms with Crippen LogP contribution in [0.15, 0.2) is 36.5 Å². The first-order valence-corrected chi connectivity index (χ1v) is 7.31. The first-order chi connectivity index (χ1) is 10.5. The van der Waals surface area contributed by atoms with Crippen LogP contribution in [0, 0.1) is 12.8 Å². The second kappa shape index (κ2) is 7.09. The summed E-state index contributed by atoms with van der Waals surface area (Å²) in [4.78, 5) is 12.1. The van der Waals surface area contributed by atoms with E-state index in [1.165, 1.54) is 0 Å². The summed E-state index contributed by atoms with van der Waals surface area (Å²) in [6.45, 7) is 5.76. The quantitative estimate of drug-likeness (QED) is 0.793. The molecule has 0 aliphatic carbocycles. The molecule has 0 saturated heterocycles. The lowest BCUT2D eigenvalue weighted by Gasteiger charge is -2.19. The van der Waals surface area contributed by atoms with Crippen molar-refractivity contribution in [1.82, 2.24) is 15.1 Å². The number of benzene rings is 1. The zero-order valence-electron chi connectivity index (χ0n) is 13.1. The van der Waals surface area contributed by atoms with E-state index in [4.69, 9.17) is 5.11 Å². The van der Waals surface area contributed by atoms with Crippen molar-refractivity contribution in [2.24, 2.45) is 5.92 Å². The molecule has 2 rings (SSSR count). The van der Waals surface area contributed by atoms with E-state index in [1.54, 1.807) is 16.9 Å². The van der Waals surface area contributed by atoms with Gasteiger partial charge in [0.05, 0.1) is 11.9 Å². The van der Waals surface area contributed by atoms with Gasteiger partial charge in [-0.25, -0.2) is 9.48 Å². The molecule has 0 aliphatic rings. The van der Waals surface area contributed by atoms with Crippen LogP contribution in [0.4, 0.5) is 10.6 Å². The molecule has 0 aliphatic heterocycles. The number of urea groups is 1. The van der Waals surface area contributed by atoms with Crippen LogP contribution in [0.1, 0.15) is 19.4 Å². The fraction of sp³-hybridized carbons (Fsp3) is 0.375. The van der Waals surface area contributed by atoms with Gasteiger partial charge in [0.15, 0.2) is 0 Å². The molecule has 1 aromatic heterocycles. The molecule has 0 fully saturated rings. The highest BCUT2D eigenvalue weighted by Crippen LogP contribution is 2.18. The number of nitrogens with one attached hydrogen (secondary N) is 2. The highest BCUT2D eigenvalue weighted by molar-refractivity contribution is 5.88. The predicted molar refractivity (Wildman–Crippen MR) is 86.2 cm³/mol. The Balaban J connectivity index is 2.11. The number of hydrogen-bond donors (Lipinski definition) is 3. The van der Waals surface area contributed by atoms with Gasteiger partial charge in [0.2, 0.25) is 0 Å².